The monoisotopic (exact) mass is 221 g/mol. The van der Waals surface area contributed by atoms with Crippen LogP contribution in [0.3, 0.4) is 0 Å². The molecule has 3 aromatic heterocycles. The Morgan fingerprint density at radius 1 is 1.14 bits per heavy atom. The maximum atomic E-state index is 11.9. The van der Waals surface area contributed by atoms with Crippen LogP contribution >= 0.6 is 22.7 Å². The first-order valence-corrected chi connectivity index (χ1v) is 5.98. The van der Waals surface area contributed by atoms with Crippen molar-refractivity contribution in [1.29, 1.82) is 0 Å². The number of rotatable bonds is 0. The van der Waals surface area contributed by atoms with Gasteiger partial charge in [-0.15, -0.1) is 22.7 Å². The van der Waals surface area contributed by atoms with Gasteiger partial charge < -0.3 is 4.57 Å². The summed E-state index contributed by atoms with van der Waals surface area (Å²) in [4.78, 5) is 12.9. The van der Waals surface area contributed by atoms with Gasteiger partial charge in [-0.1, -0.05) is 0 Å². The highest BCUT2D eigenvalue weighted by Gasteiger charge is 2.09. The normalized spacial score (nSPS) is 11.5. The zero-order valence-electron chi connectivity index (χ0n) is 7.48. The number of aromatic nitrogens is 1. The number of hydrogen-bond acceptors (Lipinski definition) is 3. The van der Waals surface area contributed by atoms with Gasteiger partial charge in [0.25, 0.3) is 5.56 Å². The minimum Gasteiger partial charge on any atom is -0.302 e. The lowest BCUT2D eigenvalue weighted by Gasteiger charge is -2.00. The summed E-state index contributed by atoms with van der Waals surface area (Å²) >= 11 is 3.13. The van der Waals surface area contributed by atoms with Gasteiger partial charge in [-0.05, 0) is 22.9 Å². The van der Waals surface area contributed by atoms with Crippen LogP contribution in [-0.4, -0.2) is 4.57 Å². The summed E-state index contributed by atoms with van der Waals surface area (Å²) in [6.45, 7) is 0. The molecule has 0 saturated heterocycles. The standard InChI is InChI=1S/C10H7NOS2/c1-11-9(12)8-6(2-4-13-8)7-3-5-14-10(7)11/h2-5H,1H3. The lowest BCUT2D eigenvalue weighted by molar-refractivity contribution is 0.930. The molecule has 0 saturated carbocycles. The fourth-order valence-corrected chi connectivity index (χ4v) is 3.46. The van der Waals surface area contributed by atoms with Crippen LogP contribution in [0.15, 0.2) is 27.7 Å². The maximum Gasteiger partial charge on any atom is 0.269 e. The molecule has 3 heterocycles. The van der Waals surface area contributed by atoms with Gasteiger partial charge in [0.2, 0.25) is 0 Å². The third kappa shape index (κ3) is 0.871. The van der Waals surface area contributed by atoms with Gasteiger partial charge in [0.1, 0.15) is 9.53 Å². The largest absolute Gasteiger partial charge is 0.302 e. The second-order valence-electron chi connectivity index (χ2n) is 3.17. The van der Waals surface area contributed by atoms with E-state index in [0.717, 1.165) is 14.9 Å². The minimum atomic E-state index is 0.116. The van der Waals surface area contributed by atoms with E-state index in [2.05, 4.69) is 6.07 Å². The smallest absolute Gasteiger partial charge is 0.269 e. The number of pyridine rings is 1. The van der Waals surface area contributed by atoms with E-state index in [1.54, 1.807) is 15.9 Å². The van der Waals surface area contributed by atoms with Crippen LogP contribution in [0.1, 0.15) is 0 Å². The van der Waals surface area contributed by atoms with Crippen LogP contribution in [0.4, 0.5) is 0 Å². The average Bonchev–Trinajstić information content (AvgIpc) is 2.80. The molecule has 0 amide bonds. The molecule has 0 atom stereocenters. The summed E-state index contributed by atoms with van der Waals surface area (Å²) in [5.41, 5.74) is 0.116. The predicted octanol–water partition coefficient (Wildman–Crippen LogP) is 2.81. The summed E-state index contributed by atoms with van der Waals surface area (Å²) in [7, 11) is 1.83. The van der Waals surface area contributed by atoms with Crippen molar-refractivity contribution in [2.45, 2.75) is 0 Å². The Bertz CT molecular complexity index is 674. The fraction of sp³-hybridized carbons (Fsp3) is 0.100. The lowest BCUT2D eigenvalue weighted by Crippen LogP contribution is -2.14. The molecule has 0 aliphatic carbocycles. The van der Waals surface area contributed by atoms with Crippen LogP contribution in [0.5, 0.6) is 0 Å². The Balaban J connectivity index is 2.81. The van der Waals surface area contributed by atoms with Crippen molar-refractivity contribution in [2.24, 2.45) is 7.05 Å². The lowest BCUT2D eigenvalue weighted by atomic mass is 10.2. The predicted molar refractivity (Wildman–Crippen MR) is 62.4 cm³/mol. The Morgan fingerprint density at radius 3 is 2.71 bits per heavy atom. The Labute approximate surface area is 88.0 Å². The van der Waals surface area contributed by atoms with Gasteiger partial charge in [0, 0.05) is 17.8 Å². The average molecular weight is 221 g/mol. The molecule has 0 aliphatic heterocycles. The van der Waals surface area contributed by atoms with E-state index in [4.69, 9.17) is 0 Å². The van der Waals surface area contributed by atoms with Crippen molar-refractivity contribution < 1.29 is 0 Å². The van der Waals surface area contributed by atoms with Crippen LogP contribution < -0.4 is 5.56 Å². The summed E-state index contributed by atoms with van der Waals surface area (Å²) in [6, 6.07) is 4.10. The molecule has 3 aromatic rings. The maximum absolute atomic E-state index is 11.9. The molecule has 0 aliphatic rings. The summed E-state index contributed by atoms with van der Waals surface area (Å²) in [5.74, 6) is 0. The van der Waals surface area contributed by atoms with Crippen LogP contribution in [0, 0.1) is 0 Å². The molecule has 14 heavy (non-hydrogen) atoms. The minimum absolute atomic E-state index is 0.116. The van der Waals surface area contributed by atoms with Gasteiger partial charge in [-0.25, -0.2) is 0 Å². The second-order valence-corrected chi connectivity index (χ2v) is 4.98. The molecule has 0 N–H and O–H groups in total. The number of thiophene rings is 2. The highest BCUT2D eigenvalue weighted by Crippen LogP contribution is 2.28. The number of fused-ring (bicyclic) bond motifs is 3. The van der Waals surface area contributed by atoms with Crippen molar-refractivity contribution in [2.75, 3.05) is 0 Å². The number of aryl methyl sites for hydroxylation is 1. The molecule has 0 unspecified atom stereocenters. The van der Waals surface area contributed by atoms with Gasteiger partial charge in [0.05, 0.1) is 0 Å². The molecule has 3 rings (SSSR count). The summed E-state index contributed by atoms with van der Waals surface area (Å²) in [6.07, 6.45) is 0. The van der Waals surface area contributed by atoms with Crippen molar-refractivity contribution in [3.8, 4) is 0 Å². The molecule has 0 fully saturated rings. The topological polar surface area (TPSA) is 22.0 Å². The van der Waals surface area contributed by atoms with Crippen molar-refractivity contribution in [3.05, 3.63) is 33.2 Å². The van der Waals surface area contributed by atoms with E-state index in [-0.39, 0.29) is 5.56 Å². The molecular formula is C10H7NOS2. The van der Waals surface area contributed by atoms with Crippen molar-refractivity contribution in [3.63, 3.8) is 0 Å². The molecule has 2 nitrogen and oxygen atoms in total. The number of nitrogens with zero attached hydrogens (tertiary/aromatic N) is 1. The molecule has 0 aromatic carbocycles. The summed E-state index contributed by atoms with van der Waals surface area (Å²) in [5, 5.41) is 6.28. The molecule has 0 spiro atoms. The summed E-state index contributed by atoms with van der Waals surface area (Å²) < 4.78 is 2.59. The van der Waals surface area contributed by atoms with Crippen molar-refractivity contribution >= 4 is 43.0 Å². The fourth-order valence-electron chi connectivity index (χ4n) is 1.70. The first kappa shape index (κ1) is 8.20. The third-order valence-corrected chi connectivity index (χ3v) is 4.30. The van der Waals surface area contributed by atoms with E-state index in [0.29, 0.717) is 0 Å². The molecule has 0 bridgehead atoms. The van der Waals surface area contributed by atoms with Gasteiger partial charge in [-0.3, -0.25) is 4.79 Å². The highest BCUT2D eigenvalue weighted by atomic mass is 32.1. The highest BCUT2D eigenvalue weighted by molar-refractivity contribution is 7.18. The molecule has 0 radical (unpaired) electrons. The Kier molecular flexibility index (Phi) is 1.57. The third-order valence-electron chi connectivity index (χ3n) is 2.40. The number of hydrogen-bond donors (Lipinski definition) is 0. The quantitative estimate of drug-likeness (QED) is 0.572. The first-order valence-electron chi connectivity index (χ1n) is 4.22. The van der Waals surface area contributed by atoms with E-state index >= 15 is 0 Å². The zero-order valence-corrected chi connectivity index (χ0v) is 9.11. The Hall–Kier alpha value is -1.13. The van der Waals surface area contributed by atoms with Crippen LogP contribution in [0.2, 0.25) is 0 Å². The molecule has 70 valence electrons. The van der Waals surface area contributed by atoms with Crippen molar-refractivity contribution in [1.82, 2.24) is 4.57 Å². The SMILES string of the molecule is Cn1c(=O)c2sccc2c2ccsc21. The Morgan fingerprint density at radius 2 is 1.86 bits per heavy atom. The molecular weight excluding hydrogens is 214 g/mol. The molecule has 4 heteroatoms. The second kappa shape index (κ2) is 2.68. The van der Waals surface area contributed by atoms with Crippen LogP contribution in [0.25, 0.3) is 20.3 Å². The zero-order chi connectivity index (χ0) is 9.71. The van der Waals surface area contributed by atoms with Gasteiger partial charge >= 0.3 is 0 Å². The van der Waals surface area contributed by atoms with E-state index in [1.165, 1.54) is 16.7 Å². The van der Waals surface area contributed by atoms with E-state index < -0.39 is 0 Å². The van der Waals surface area contributed by atoms with E-state index in [1.807, 2.05) is 23.9 Å². The van der Waals surface area contributed by atoms with Gasteiger partial charge in [0.15, 0.2) is 0 Å². The first-order chi connectivity index (χ1) is 6.79. The van der Waals surface area contributed by atoms with Gasteiger partial charge in [-0.2, -0.15) is 0 Å². The van der Waals surface area contributed by atoms with Crippen LogP contribution in [-0.2, 0) is 7.05 Å². The van der Waals surface area contributed by atoms with E-state index in [9.17, 15) is 4.79 Å².